The maximum absolute atomic E-state index is 12.0. The van der Waals surface area contributed by atoms with E-state index in [1.807, 2.05) is 30.3 Å². The van der Waals surface area contributed by atoms with Crippen LogP contribution in [0.2, 0.25) is 0 Å². The monoisotopic (exact) mass is 359 g/mol. The van der Waals surface area contributed by atoms with Crippen LogP contribution >= 0.6 is 11.8 Å². The minimum Gasteiger partial charge on any atom is -0.300 e. The van der Waals surface area contributed by atoms with Crippen molar-refractivity contribution in [3.05, 3.63) is 65.1 Å². The number of nitrogens with one attached hydrogen (secondary N) is 1. The Hall–Kier alpha value is -2.42. The molecule has 1 saturated heterocycles. The Morgan fingerprint density at radius 3 is 2.33 bits per heavy atom. The zero-order valence-corrected chi connectivity index (χ0v) is 14.0. The van der Waals surface area contributed by atoms with Crippen LogP contribution in [-0.4, -0.2) is 19.5 Å². The van der Waals surface area contributed by atoms with E-state index >= 15 is 0 Å². The number of hydrogen-bond acceptors (Lipinski definition) is 5. The predicted octanol–water partition coefficient (Wildman–Crippen LogP) is 2.23. The van der Waals surface area contributed by atoms with Crippen molar-refractivity contribution in [3.8, 4) is 0 Å². The summed E-state index contributed by atoms with van der Waals surface area (Å²) < 4.78 is 22.4. The van der Waals surface area contributed by atoms with Crippen LogP contribution in [0.5, 0.6) is 0 Å². The van der Waals surface area contributed by atoms with Gasteiger partial charge in [-0.05, 0) is 47.7 Å². The molecule has 2 aromatic carbocycles. The van der Waals surface area contributed by atoms with Gasteiger partial charge < -0.3 is 5.32 Å². The lowest BCUT2D eigenvalue weighted by atomic mass is 10.2. The van der Waals surface area contributed by atoms with Gasteiger partial charge in [0.2, 0.25) is 10.0 Å². The van der Waals surface area contributed by atoms with Gasteiger partial charge in [-0.2, -0.15) is 0 Å². The molecule has 8 heteroatoms. The fourth-order valence-corrected chi connectivity index (χ4v) is 3.37. The highest BCUT2D eigenvalue weighted by Crippen LogP contribution is 2.28. The van der Waals surface area contributed by atoms with Gasteiger partial charge in [0.1, 0.15) is 0 Å². The summed E-state index contributed by atoms with van der Waals surface area (Å²) in [7, 11) is -3.73. The predicted molar refractivity (Wildman–Crippen MR) is 95.1 cm³/mol. The summed E-state index contributed by atoms with van der Waals surface area (Å²) in [6.45, 7) is 0. The summed E-state index contributed by atoms with van der Waals surface area (Å²) in [5, 5.41) is 8.16. The van der Waals surface area contributed by atoms with E-state index in [1.54, 1.807) is 6.08 Å². The van der Waals surface area contributed by atoms with Crippen molar-refractivity contribution in [3.63, 3.8) is 0 Å². The summed E-state index contributed by atoms with van der Waals surface area (Å²) in [4.78, 5) is 16.8. The Kier molecular flexibility index (Phi) is 4.52. The molecule has 0 atom stereocenters. The number of amides is 1. The Bertz CT molecular complexity index is 934. The second-order valence-electron chi connectivity index (χ2n) is 4.93. The topological polar surface area (TPSA) is 102 Å². The molecular formula is C16H13N3O3S2. The molecule has 0 spiro atoms. The number of nitrogens with zero attached hydrogens (tertiary/aromatic N) is 1. The molecule has 1 aliphatic rings. The SMILES string of the molecule is NS(=O)(=O)c1ccc(N=C2NC(=O)C(=Cc3ccccc3)S2)cc1. The molecule has 24 heavy (non-hydrogen) atoms. The number of aliphatic imine (C=N–C) groups is 1. The minimum absolute atomic E-state index is 0.0132. The first-order chi connectivity index (χ1) is 11.4. The van der Waals surface area contributed by atoms with Crippen molar-refractivity contribution >= 4 is 44.6 Å². The number of hydrogen-bond donors (Lipinski definition) is 2. The van der Waals surface area contributed by atoms with E-state index in [4.69, 9.17) is 5.14 Å². The molecule has 3 N–H and O–H groups in total. The zero-order chi connectivity index (χ0) is 17.2. The molecule has 1 amide bonds. The maximum Gasteiger partial charge on any atom is 0.264 e. The normalized spacial score (nSPS) is 18.1. The van der Waals surface area contributed by atoms with Crippen molar-refractivity contribution in [1.29, 1.82) is 0 Å². The highest BCUT2D eigenvalue weighted by molar-refractivity contribution is 8.18. The third-order valence-electron chi connectivity index (χ3n) is 3.14. The molecule has 1 heterocycles. The molecule has 0 saturated carbocycles. The summed E-state index contributed by atoms with van der Waals surface area (Å²) in [5.74, 6) is -0.219. The zero-order valence-electron chi connectivity index (χ0n) is 12.3. The summed E-state index contributed by atoms with van der Waals surface area (Å²) in [5.41, 5.74) is 1.44. The van der Waals surface area contributed by atoms with Crippen LogP contribution in [-0.2, 0) is 14.8 Å². The largest absolute Gasteiger partial charge is 0.300 e. The Balaban J connectivity index is 1.80. The Morgan fingerprint density at radius 2 is 1.71 bits per heavy atom. The van der Waals surface area contributed by atoms with E-state index in [2.05, 4.69) is 10.3 Å². The van der Waals surface area contributed by atoms with Gasteiger partial charge in [-0.3, -0.25) is 4.79 Å². The number of benzene rings is 2. The first-order valence-corrected chi connectivity index (χ1v) is 9.25. The van der Waals surface area contributed by atoms with Gasteiger partial charge in [0, 0.05) is 0 Å². The number of primary sulfonamides is 1. The highest BCUT2D eigenvalue weighted by Gasteiger charge is 2.23. The van der Waals surface area contributed by atoms with Crippen molar-refractivity contribution in [2.45, 2.75) is 4.90 Å². The molecule has 1 aliphatic heterocycles. The molecular weight excluding hydrogens is 346 g/mol. The van der Waals surface area contributed by atoms with Crippen LogP contribution in [0.25, 0.3) is 6.08 Å². The number of sulfonamides is 1. The van der Waals surface area contributed by atoms with Crippen molar-refractivity contribution in [2.24, 2.45) is 10.1 Å². The summed E-state index contributed by atoms with van der Waals surface area (Å²) in [6, 6.07) is 15.3. The third-order valence-corrected chi connectivity index (χ3v) is 4.98. The van der Waals surface area contributed by atoms with E-state index in [9.17, 15) is 13.2 Å². The number of amidine groups is 1. The lowest BCUT2D eigenvalue weighted by Crippen LogP contribution is -2.19. The molecule has 6 nitrogen and oxygen atoms in total. The second kappa shape index (κ2) is 6.60. The molecule has 0 aromatic heterocycles. The van der Waals surface area contributed by atoms with Crippen molar-refractivity contribution in [2.75, 3.05) is 0 Å². The fourth-order valence-electron chi connectivity index (χ4n) is 2.01. The van der Waals surface area contributed by atoms with Gasteiger partial charge in [0.15, 0.2) is 5.17 Å². The van der Waals surface area contributed by atoms with Gasteiger partial charge in [-0.25, -0.2) is 18.5 Å². The summed E-state index contributed by atoms with van der Waals surface area (Å²) in [6.07, 6.45) is 1.78. The second-order valence-corrected chi connectivity index (χ2v) is 7.52. The Morgan fingerprint density at radius 1 is 1.04 bits per heavy atom. The standard InChI is InChI=1S/C16H13N3O3S2/c17-24(21,22)13-8-6-12(7-9-13)18-16-19-15(20)14(23-16)10-11-4-2-1-3-5-11/h1-10H,(H2,17,21,22)(H,18,19,20). The lowest BCUT2D eigenvalue weighted by Gasteiger charge is -1.99. The molecule has 2 aromatic rings. The molecule has 0 aliphatic carbocycles. The van der Waals surface area contributed by atoms with E-state index in [0.717, 1.165) is 5.56 Å². The van der Waals surface area contributed by atoms with E-state index in [1.165, 1.54) is 36.0 Å². The quantitative estimate of drug-likeness (QED) is 0.820. The first kappa shape index (κ1) is 16.4. The average molecular weight is 359 g/mol. The number of thioether (sulfide) groups is 1. The van der Waals surface area contributed by atoms with Crippen LogP contribution in [0.1, 0.15) is 5.56 Å². The van der Waals surface area contributed by atoms with Crippen LogP contribution in [0.3, 0.4) is 0 Å². The molecule has 0 bridgehead atoms. The van der Waals surface area contributed by atoms with Gasteiger partial charge in [0.05, 0.1) is 15.5 Å². The summed E-state index contributed by atoms with van der Waals surface area (Å²) >= 11 is 1.23. The molecule has 1 fully saturated rings. The van der Waals surface area contributed by atoms with Crippen LogP contribution in [0.4, 0.5) is 5.69 Å². The van der Waals surface area contributed by atoms with Gasteiger partial charge in [0.25, 0.3) is 5.91 Å². The van der Waals surface area contributed by atoms with Crippen LogP contribution in [0, 0.1) is 0 Å². The van der Waals surface area contributed by atoms with Crippen molar-refractivity contribution in [1.82, 2.24) is 5.32 Å². The number of carbonyl (C=O) groups is 1. The Labute approximate surface area is 143 Å². The number of nitrogens with two attached hydrogens (primary N) is 1. The van der Waals surface area contributed by atoms with Gasteiger partial charge in [-0.15, -0.1) is 0 Å². The number of carbonyl (C=O) groups excluding carboxylic acids is 1. The highest BCUT2D eigenvalue weighted by atomic mass is 32.2. The smallest absolute Gasteiger partial charge is 0.264 e. The average Bonchev–Trinajstić information content (AvgIpc) is 2.87. The molecule has 0 unspecified atom stereocenters. The van der Waals surface area contributed by atoms with Gasteiger partial charge >= 0.3 is 0 Å². The molecule has 0 radical (unpaired) electrons. The van der Waals surface area contributed by atoms with E-state index in [0.29, 0.717) is 15.8 Å². The molecule has 3 rings (SSSR count). The minimum atomic E-state index is -3.73. The molecule has 122 valence electrons. The fraction of sp³-hybridized carbons (Fsp3) is 0. The first-order valence-electron chi connectivity index (χ1n) is 6.89. The van der Waals surface area contributed by atoms with Gasteiger partial charge in [-0.1, -0.05) is 30.3 Å². The lowest BCUT2D eigenvalue weighted by molar-refractivity contribution is -0.115. The van der Waals surface area contributed by atoms with E-state index < -0.39 is 10.0 Å². The van der Waals surface area contributed by atoms with E-state index in [-0.39, 0.29) is 10.8 Å². The maximum atomic E-state index is 12.0. The van der Waals surface area contributed by atoms with Crippen LogP contribution in [0.15, 0.2) is 69.4 Å². The van der Waals surface area contributed by atoms with Crippen LogP contribution < -0.4 is 10.5 Å². The third kappa shape index (κ3) is 3.91. The number of rotatable bonds is 3. The van der Waals surface area contributed by atoms with Crippen molar-refractivity contribution < 1.29 is 13.2 Å².